The zero-order chi connectivity index (χ0) is 21.5. The zero-order valence-corrected chi connectivity index (χ0v) is 18.6. The minimum Gasteiger partial charge on any atom is -0.462 e. The van der Waals surface area contributed by atoms with E-state index in [0.29, 0.717) is 29.9 Å². The minimum absolute atomic E-state index is 0.271. The molecular weight excluding hydrogens is 401 g/mol. The summed E-state index contributed by atoms with van der Waals surface area (Å²) in [5.74, 6) is -0.633. The van der Waals surface area contributed by atoms with Gasteiger partial charge in [0.05, 0.1) is 12.8 Å². The number of halogens is 1. The second-order valence-electron chi connectivity index (χ2n) is 7.15. The minimum atomic E-state index is -0.363. The van der Waals surface area contributed by atoms with E-state index in [-0.39, 0.29) is 11.8 Å². The van der Waals surface area contributed by atoms with Crippen LogP contribution in [0.2, 0.25) is 0 Å². The van der Waals surface area contributed by atoms with Gasteiger partial charge in [0.25, 0.3) is 0 Å². The third-order valence-electron chi connectivity index (χ3n) is 5.05. The van der Waals surface area contributed by atoms with E-state index in [0.717, 1.165) is 48.4 Å². The second-order valence-corrected chi connectivity index (χ2v) is 7.98. The average molecular weight is 430 g/mol. The standard InChI is InChI=1S/C23H28FN3O2S/c1-4-6-7-8-9-18-20(23(28)29-5-2)21-22(25-14-19(26-21)30-3)27(18)15-16-10-12-17(24)13-11-16/h10-14H,4-9,15H2,1-3H3. The highest BCUT2D eigenvalue weighted by molar-refractivity contribution is 7.98. The molecule has 0 spiro atoms. The van der Waals surface area contributed by atoms with Crippen molar-refractivity contribution in [2.45, 2.75) is 57.5 Å². The van der Waals surface area contributed by atoms with E-state index in [1.807, 2.05) is 10.8 Å². The summed E-state index contributed by atoms with van der Waals surface area (Å²) in [5.41, 5.74) is 3.57. The number of hydrogen-bond acceptors (Lipinski definition) is 5. The zero-order valence-electron chi connectivity index (χ0n) is 17.8. The van der Waals surface area contributed by atoms with E-state index >= 15 is 0 Å². The van der Waals surface area contributed by atoms with Crippen molar-refractivity contribution in [3.63, 3.8) is 0 Å². The molecule has 0 bridgehead atoms. The van der Waals surface area contributed by atoms with Gasteiger partial charge >= 0.3 is 5.97 Å². The van der Waals surface area contributed by atoms with Crippen molar-refractivity contribution in [3.05, 3.63) is 53.1 Å². The molecule has 0 N–H and O–H groups in total. The first-order chi connectivity index (χ1) is 14.6. The maximum Gasteiger partial charge on any atom is 0.342 e. The van der Waals surface area contributed by atoms with Crippen molar-refractivity contribution >= 4 is 28.9 Å². The third kappa shape index (κ3) is 5.01. The first kappa shape index (κ1) is 22.3. The predicted molar refractivity (Wildman–Crippen MR) is 119 cm³/mol. The van der Waals surface area contributed by atoms with Gasteiger partial charge in [-0.2, -0.15) is 0 Å². The van der Waals surface area contributed by atoms with Crippen molar-refractivity contribution in [3.8, 4) is 0 Å². The van der Waals surface area contributed by atoms with Crippen LogP contribution in [0.3, 0.4) is 0 Å². The number of fused-ring (bicyclic) bond motifs is 1. The van der Waals surface area contributed by atoms with Gasteiger partial charge in [-0.3, -0.25) is 0 Å². The number of thioether (sulfide) groups is 1. The van der Waals surface area contributed by atoms with E-state index in [1.54, 1.807) is 25.3 Å². The molecule has 0 saturated carbocycles. The smallest absolute Gasteiger partial charge is 0.342 e. The monoisotopic (exact) mass is 429 g/mol. The summed E-state index contributed by atoms with van der Waals surface area (Å²) in [4.78, 5) is 22.2. The Morgan fingerprint density at radius 1 is 1.17 bits per heavy atom. The maximum absolute atomic E-state index is 13.4. The number of carbonyl (C=O) groups excluding carboxylic acids is 1. The molecule has 0 radical (unpaired) electrons. The van der Waals surface area contributed by atoms with E-state index in [9.17, 15) is 9.18 Å². The number of ether oxygens (including phenoxy) is 1. The Morgan fingerprint density at radius 3 is 2.60 bits per heavy atom. The van der Waals surface area contributed by atoms with Crippen molar-refractivity contribution in [2.75, 3.05) is 12.9 Å². The van der Waals surface area contributed by atoms with Gasteiger partial charge in [0.2, 0.25) is 0 Å². The average Bonchev–Trinajstić information content (AvgIpc) is 3.05. The van der Waals surface area contributed by atoms with E-state index in [2.05, 4.69) is 11.9 Å². The van der Waals surface area contributed by atoms with Gasteiger partial charge in [-0.15, -0.1) is 11.8 Å². The third-order valence-corrected chi connectivity index (χ3v) is 5.66. The van der Waals surface area contributed by atoms with Gasteiger partial charge in [0.1, 0.15) is 21.9 Å². The Labute approximate surface area is 181 Å². The SMILES string of the molecule is CCCCCCc1c(C(=O)OCC)c2nc(SC)cnc2n1Cc1ccc(F)cc1. The van der Waals surface area contributed by atoms with Gasteiger partial charge < -0.3 is 9.30 Å². The van der Waals surface area contributed by atoms with Crippen LogP contribution in [0, 0.1) is 5.82 Å². The molecule has 160 valence electrons. The first-order valence-corrected chi connectivity index (χ1v) is 11.6. The Balaban J connectivity index is 2.13. The summed E-state index contributed by atoms with van der Waals surface area (Å²) in [7, 11) is 0. The molecule has 2 aromatic heterocycles. The number of nitrogens with zero attached hydrogens (tertiary/aromatic N) is 3. The lowest BCUT2D eigenvalue weighted by atomic mass is 10.1. The van der Waals surface area contributed by atoms with Gasteiger partial charge in [-0.25, -0.2) is 19.2 Å². The van der Waals surface area contributed by atoms with Crippen LogP contribution in [0.25, 0.3) is 11.2 Å². The van der Waals surface area contributed by atoms with Crippen molar-refractivity contribution in [2.24, 2.45) is 0 Å². The number of benzene rings is 1. The molecule has 5 nitrogen and oxygen atoms in total. The lowest BCUT2D eigenvalue weighted by molar-refractivity contribution is 0.0526. The van der Waals surface area contributed by atoms with Gasteiger partial charge in [0.15, 0.2) is 5.65 Å². The predicted octanol–water partition coefficient (Wildman–Crippen LogP) is 5.64. The first-order valence-electron chi connectivity index (χ1n) is 10.4. The quantitative estimate of drug-likeness (QED) is 0.237. The van der Waals surface area contributed by atoms with Crippen molar-refractivity contribution in [1.29, 1.82) is 0 Å². The van der Waals surface area contributed by atoms with Gasteiger partial charge in [0, 0.05) is 12.2 Å². The number of carbonyl (C=O) groups is 1. The summed E-state index contributed by atoms with van der Waals surface area (Å²) >= 11 is 1.49. The van der Waals surface area contributed by atoms with Crippen LogP contribution in [0.15, 0.2) is 35.5 Å². The molecule has 30 heavy (non-hydrogen) atoms. The van der Waals surface area contributed by atoms with Gasteiger partial charge in [-0.05, 0) is 43.7 Å². The molecule has 1 aromatic carbocycles. The molecule has 0 aliphatic carbocycles. The molecule has 0 fully saturated rings. The summed E-state index contributed by atoms with van der Waals surface area (Å²) in [6.07, 6.45) is 8.75. The molecule has 0 unspecified atom stereocenters. The van der Waals surface area contributed by atoms with Crippen LogP contribution >= 0.6 is 11.8 Å². The normalized spacial score (nSPS) is 11.2. The fourth-order valence-electron chi connectivity index (χ4n) is 3.57. The fraction of sp³-hybridized carbons (Fsp3) is 0.435. The highest BCUT2D eigenvalue weighted by atomic mass is 32.2. The Hall–Kier alpha value is -2.41. The number of rotatable bonds is 10. The molecule has 0 aliphatic rings. The summed E-state index contributed by atoms with van der Waals surface area (Å²) in [6.45, 7) is 4.77. The van der Waals surface area contributed by atoms with Crippen LogP contribution in [-0.4, -0.2) is 33.4 Å². The van der Waals surface area contributed by atoms with Crippen LogP contribution < -0.4 is 0 Å². The molecule has 0 amide bonds. The molecule has 7 heteroatoms. The number of unbranched alkanes of at least 4 members (excludes halogenated alkanes) is 3. The molecule has 3 rings (SSSR count). The summed E-state index contributed by atoms with van der Waals surface area (Å²) < 4.78 is 20.8. The fourth-order valence-corrected chi connectivity index (χ4v) is 3.91. The highest BCUT2D eigenvalue weighted by Gasteiger charge is 2.26. The van der Waals surface area contributed by atoms with Crippen LogP contribution in [0.1, 0.15) is 61.1 Å². The Bertz CT molecular complexity index is 1000. The highest BCUT2D eigenvalue weighted by Crippen LogP contribution is 2.29. The van der Waals surface area contributed by atoms with E-state index in [4.69, 9.17) is 9.72 Å². The second kappa shape index (κ2) is 10.6. The molecule has 0 saturated heterocycles. The topological polar surface area (TPSA) is 57.0 Å². The molecular formula is C23H28FN3O2S. The summed E-state index contributed by atoms with van der Waals surface area (Å²) in [6, 6.07) is 6.42. The van der Waals surface area contributed by atoms with E-state index < -0.39 is 0 Å². The Kier molecular flexibility index (Phi) is 7.85. The molecule has 0 atom stereocenters. The maximum atomic E-state index is 13.4. The Morgan fingerprint density at radius 2 is 1.93 bits per heavy atom. The van der Waals surface area contributed by atoms with E-state index in [1.165, 1.54) is 23.9 Å². The van der Waals surface area contributed by atoms with Crippen molar-refractivity contribution in [1.82, 2.24) is 14.5 Å². The number of esters is 1. The van der Waals surface area contributed by atoms with Crippen LogP contribution in [-0.2, 0) is 17.7 Å². The number of aromatic nitrogens is 3. The molecule has 3 aromatic rings. The van der Waals surface area contributed by atoms with Crippen LogP contribution in [0.4, 0.5) is 4.39 Å². The van der Waals surface area contributed by atoms with Gasteiger partial charge in [-0.1, -0.05) is 38.3 Å². The van der Waals surface area contributed by atoms with Crippen molar-refractivity contribution < 1.29 is 13.9 Å². The molecule has 0 aliphatic heterocycles. The largest absolute Gasteiger partial charge is 0.462 e. The number of hydrogen-bond donors (Lipinski definition) is 0. The lowest BCUT2D eigenvalue weighted by Crippen LogP contribution is -2.11. The van der Waals surface area contributed by atoms with Crippen LogP contribution in [0.5, 0.6) is 0 Å². The summed E-state index contributed by atoms with van der Waals surface area (Å²) in [5, 5.41) is 0.754. The molecule has 2 heterocycles. The lowest BCUT2D eigenvalue weighted by Gasteiger charge is -2.12.